The minimum atomic E-state index is -0.405. The topological polar surface area (TPSA) is 52.3 Å². The molecule has 4 nitrogen and oxygen atoms in total. The number of oxazole rings is 1. The van der Waals surface area contributed by atoms with Crippen LogP contribution in [0.4, 0.5) is 0 Å². The van der Waals surface area contributed by atoms with Gasteiger partial charge in [0.15, 0.2) is 5.89 Å². The molecule has 0 radical (unpaired) electrons. The van der Waals surface area contributed by atoms with Crippen LogP contribution in [0.5, 0.6) is 0 Å². The van der Waals surface area contributed by atoms with Gasteiger partial charge in [-0.25, -0.2) is 9.78 Å². The van der Waals surface area contributed by atoms with E-state index in [-0.39, 0.29) is 5.76 Å². The van der Waals surface area contributed by atoms with Gasteiger partial charge in [0.1, 0.15) is 0 Å². The van der Waals surface area contributed by atoms with Crippen LogP contribution in [0.2, 0.25) is 0 Å². The maximum absolute atomic E-state index is 11.9. The highest BCUT2D eigenvalue weighted by Gasteiger charge is 2.57. The first-order valence-electron chi connectivity index (χ1n) is 13.5. The van der Waals surface area contributed by atoms with Crippen molar-refractivity contribution in [2.75, 3.05) is 6.61 Å². The summed E-state index contributed by atoms with van der Waals surface area (Å²) in [4.78, 5) is 16.3. The van der Waals surface area contributed by atoms with E-state index >= 15 is 0 Å². The molecule has 1 aromatic heterocycles. The number of carbonyl (C=O) groups is 1. The Morgan fingerprint density at radius 2 is 1.97 bits per heavy atom. The average molecular weight is 442 g/mol. The van der Waals surface area contributed by atoms with Gasteiger partial charge < -0.3 is 9.15 Å². The van der Waals surface area contributed by atoms with Crippen LogP contribution in [0.3, 0.4) is 0 Å². The van der Waals surface area contributed by atoms with Crippen molar-refractivity contribution < 1.29 is 13.9 Å². The summed E-state index contributed by atoms with van der Waals surface area (Å²) in [5.41, 5.74) is 0.464. The monoisotopic (exact) mass is 441 g/mol. The van der Waals surface area contributed by atoms with Crippen molar-refractivity contribution in [3.8, 4) is 0 Å². The number of hydrogen-bond donors (Lipinski definition) is 0. The van der Waals surface area contributed by atoms with Gasteiger partial charge in [-0.1, -0.05) is 27.2 Å². The van der Waals surface area contributed by atoms with E-state index < -0.39 is 5.97 Å². The number of aromatic nitrogens is 1. The van der Waals surface area contributed by atoms with Crippen molar-refractivity contribution in [3.05, 3.63) is 17.8 Å². The van der Waals surface area contributed by atoms with Crippen LogP contribution in [0.25, 0.3) is 0 Å². The first-order chi connectivity index (χ1) is 15.4. The predicted octanol–water partition coefficient (Wildman–Crippen LogP) is 6.93. The zero-order chi connectivity index (χ0) is 22.5. The highest BCUT2D eigenvalue weighted by Crippen LogP contribution is 2.65. The van der Waals surface area contributed by atoms with Crippen molar-refractivity contribution in [2.45, 2.75) is 91.9 Å². The third kappa shape index (κ3) is 3.84. The van der Waals surface area contributed by atoms with Crippen LogP contribution in [0.1, 0.15) is 102 Å². The van der Waals surface area contributed by atoms with E-state index in [9.17, 15) is 4.79 Å². The largest absolute Gasteiger partial charge is 0.460 e. The van der Waals surface area contributed by atoms with Gasteiger partial charge >= 0.3 is 5.97 Å². The molecular formula is C28H43NO3. The summed E-state index contributed by atoms with van der Waals surface area (Å²) in [7, 11) is 0. The van der Waals surface area contributed by atoms with E-state index in [0.29, 0.717) is 23.8 Å². The van der Waals surface area contributed by atoms with Crippen molar-refractivity contribution >= 4 is 5.97 Å². The molecule has 4 aliphatic carbocycles. The Kier molecular flexibility index (Phi) is 6.18. The summed E-state index contributed by atoms with van der Waals surface area (Å²) >= 11 is 0. The van der Waals surface area contributed by atoms with Gasteiger partial charge in [-0.2, -0.15) is 0 Å². The van der Waals surface area contributed by atoms with Crippen LogP contribution in [-0.4, -0.2) is 17.6 Å². The summed E-state index contributed by atoms with van der Waals surface area (Å²) in [6.45, 7) is 9.65. The van der Waals surface area contributed by atoms with Crippen LogP contribution >= 0.6 is 0 Å². The van der Waals surface area contributed by atoms with Crippen LogP contribution in [0, 0.1) is 52.8 Å². The number of esters is 1. The summed E-state index contributed by atoms with van der Waals surface area (Å²) < 4.78 is 10.8. The fourth-order valence-corrected chi connectivity index (χ4v) is 9.18. The Morgan fingerprint density at radius 1 is 1.16 bits per heavy atom. The van der Waals surface area contributed by atoms with Gasteiger partial charge in [-0.05, 0) is 111 Å². The zero-order valence-corrected chi connectivity index (χ0v) is 20.6. The van der Waals surface area contributed by atoms with Crippen LogP contribution < -0.4 is 0 Å². The summed E-state index contributed by atoms with van der Waals surface area (Å²) in [5, 5.41) is 0. The SMILES string of the molecule is CCOC(=O)c1cnc(C[C@H](C)C2CCC3[C@@H]4CC[C@@H]5C[C@@H](C)CC[C@@H]5C4CC[C@@]32C)o1. The number of nitrogens with zero attached hydrogens (tertiary/aromatic N) is 1. The quantitative estimate of drug-likeness (QED) is 0.465. The first kappa shape index (κ1) is 22.5. The predicted molar refractivity (Wildman–Crippen MR) is 125 cm³/mol. The number of ether oxygens (including phenoxy) is 1. The van der Waals surface area contributed by atoms with Gasteiger partial charge in [0.25, 0.3) is 0 Å². The molecule has 0 spiro atoms. The molecule has 3 unspecified atom stereocenters. The van der Waals surface area contributed by atoms with Crippen molar-refractivity contribution in [1.82, 2.24) is 4.98 Å². The van der Waals surface area contributed by atoms with Crippen molar-refractivity contribution in [3.63, 3.8) is 0 Å². The lowest BCUT2D eigenvalue weighted by atomic mass is 9.49. The summed E-state index contributed by atoms with van der Waals surface area (Å²) in [6, 6.07) is 0. The van der Waals surface area contributed by atoms with E-state index in [0.717, 1.165) is 47.8 Å². The number of carbonyl (C=O) groups excluding carboxylic acids is 1. The Labute approximate surface area is 194 Å². The second kappa shape index (κ2) is 8.80. The third-order valence-corrected chi connectivity index (χ3v) is 10.5. The maximum Gasteiger partial charge on any atom is 0.375 e. The minimum Gasteiger partial charge on any atom is -0.460 e. The second-order valence-electron chi connectivity index (χ2n) is 12.1. The molecule has 0 amide bonds. The molecule has 4 fully saturated rings. The fourth-order valence-electron chi connectivity index (χ4n) is 9.18. The van der Waals surface area contributed by atoms with Crippen molar-refractivity contribution in [2.24, 2.45) is 52.8 Å². The molecular weight excluding hydrogens is 398 g/mol. The zero-order valence-electron chi connectivity index (χ0n) is 20.6. The Morgan fingerprint density at radius 3 is 2.78 bits per heavy atom. The minimum absolute atomic E-state index is 0.239. The molecule has 5 rings (SSSR count). The van der Waals surface area contributed by atoms with E-state index in [1.54, 1.807) is 0 Å². The standard InChI is InChI=1S/C28H43NO3/c1-5-31-27(30)25-16-29-26(32-25)15-18(3)23-10-11-24-22-9-7-19-14-17(2)6-8-20(19)21(22)12-13-28(23,24)4/h16-24H,5-15H2,1-4H3/t17-,18-,19+,20-,21?,22+,23?,24?,28+/m0/s1. The molecule has 0 N–H and O–H groups in total. The van der Waals surface area contributed by atoms with Crippen LogP contribution in [0.15, 0.2) is 10.6 Å². The molecule has 1 heterocycles. The third-order valence-electron chi connectivity index (χ3n) is 10.5. The maximum atomic E-state index is 11.9. The molecule has 178 valence electrons. The van der Waals surface area contributed by atoms with E-state index in [1.165, 1.54) is 64.0 Å². The number of hydrogen-bond acceptors (Lipinski definition) is 4. The van der Waals surface area contributed by atoms with E-state index in [1.807, 2.05) is 6.92 Å². The van der Waals surface area contributed by atoms with Gasteiger partial charge in [0, 0.05) is 6.42 Å². The van der Waals surface area contributed by atoms with Gasteiger partial charge in [-0.15, -0.1) is 0 Å². The number of rotatable bonds is 5. The van der Waals surface area contributed by atoms with Crippen LogP contribution in [-0.2, 0) is 11.2 Å². The number of fused-ring (bicyclic) bond motifs is 5. The van der Waals surface area contributed by atoms with Gasteiger partial charge in [0.05, 0.1) is 12.8 Å². The molecule has 4 heteroatoms. The molecule has 0 aliphatic heterocycles. The lowest BCUT2D eigenvalue weighted by Gasteiger charge is -2.56. The molecule has 4 saturated carbocycles. The highest BCUT2D eigenvalue weighted by molar-refractivity contribution is 5.85. The highest BCUT2D eigenvalue weighted by atomic mass is 16.5. The molecule has 4 aliphatic rings. The Balaban J connectivity index is 1.26. The molecule has 0 bridgehead atoms. The molecule has 0 aromatic carbocycles. The van der Waals surface area contributed by atoms with Crippen molar-refractivity contribution in [1.29, 1.82) is 0 Å². The normalized spacial score (nSPS) is 41.9. The first-order valence-corrected chi connectivity index (χ1v) is 13.5. The molecule has 1 aromatic rings. The fraction of sp³-hybridized carbons (Fsp3) is 0.857. The summed E-state index contributed by atoms with van der Waals surface area (Å²) in [5.74, 6) is 7.69. The lowest BCUT2D eigenvalue weighted by Crippen LogP contribution is -2.49. The van der Waals surface area contributed by atoms with Gasteiger partial charge in [-0.3, -0.25) is 0 Å². The lowest BCUT2D eigenvalue weighted by molar-refractivity contribution is -0.0730. The molecule has 0 saturated heterocycles. The molecule has 9 atom stereocenters. The van der Waals surface area contributed by atoms with Gasteiger partial charge in [0.2, 0.25) is 5.76 Å². The second-order valence-corrected chi connectivity index (χ2v) is 12.1. The Hall–Kier alpha value is -1.32. The molecule has 32 heavy (non-hydrogen) atoms. The average Bonchev–Trinajstić information content (AvgIpc) is 3.37. The Bertz CT molecular complexity index is 817. The summed E-state index contributed by atoms with van der Waals surface area (Å²) in [6.07, 6.45) is 15.4. The van der Waals surface area contributed by atoms with E-state index in [2.05, 4.69) is 25.8 Å². The smallest absolute Gasteiger partial charge is 0.375 e. The van der Waals surface area contributed by atoms with E-state index in [4.69, 9.17) is 9.15 Å².